The molecule has 2 aliphatic heterocycles. The van der Waals surface area contributed by atoms with Gasteiger partial charge in [-0.2, -0.15) is 0 Å². The largest absolute Gasteiger partial charge is 0.454 e. The molecule has 0 saturated carbocycles. The van der Waals surface area contributed by atoms with Gasteiger partial charge in [0.2, 0.25) is 6.79 Å². The average Bonchev–Trinajstić information content (AvgIpc) is 3.15. The molecule has 0 radical (unpaired) electrons. The van der Waals surface area contributed by atoms with Crippen LogP contribution in [-0.2, 0) is 0 Å². The van der Waals surface area contributed by atoms with Crippen LogP contribution in [0, 0.1) is 0 Å². The maximum atomic E-state index is 12.5. The van der Waals surface area contributed by atoms with Gasteiger partial charge in [-0.25, -0.2) is 0 Å². The molecule has 8 heteroatoms. The Morgan fingerprint density at radius 2 is 1.56 bits per heavy atom. The number of Topliss-reactive ketones (excluding diaryl/α,β-unsaturated/α-hetero) is 1. The van der Waals surface area contributed by atoms with Crippen LogP contribution in [0.3, 0.4) is 0 Å². The number of amides is 2. The van der Waals surface area contributed by atoms with E-state index in [9.17, 15) is 14.4 Å². The Morgan fingerprint density at radius 3 is 2.20 bits per heavy atom. The van der Waals surface area contributed by atoms with Crippen LogP contribution < -0.4 is 9.47 Å². The number of carbonyl (C=O) groups excluding carboxylic acids is 3. The van der Waals surface area contributed by atoms with Gasteiger partial charge in [-0.05, 0) is 30.3 Å². The van der Waals surface area contributed by atoms with Crippen molar-refractivity contribution < 1.29 is 23.9 Å². The number of nitrogens with zero attached hydrogens (tertiary/aromatic N) is 1. The van der Waals surface area contributed by atoms with Crippen molar-refractivity contribution in [3.63, 3.8) is 0 Å². The molecular formula is C17H9Cl2NO5. The molecule has 0 fully saturated rings. The summed E-state index contributed by atoms with van der Waals surface area (Å²) < 4.78 is 10.4. The summed E-state index contributed by atoms with van der Waals surface area (Å²) in [6, 6.07) is 7.37. The Labute approximate surface area is 151 Å². The fourth-order valence-corrected chi connectivity index (χ4v) is 3.06. The van der Waals surface area contributed by atoms with Gasteiger partial charge in [-0.1, -0.05) is 23.2 Å². The summed E-state index contributed by atoms with van der Waals surface area (Å²) >= 11 is 11.8. The highest BCUT2D eigenvalue weighted by molar-refractivity contribution is 6.43. The molecule has 0 saturated heterocycles. The third kappa shape index (κ3) is 2.54. The van der Waals surface area contributed by atoms with Crippen molar-refractivity contribution in [1.29, 1.82) is 0 Å². The number of carbonyl (C=O) groups is 3. The Kier molecular flexibility index (Phi) is 3.67. The summed E-state index contributed by atoms with van der Waals surface area (Å²) in [5.41, 5.74) is 0.590. The van der Waals surface area contributed by atoms with Crippen molar-refractivity contribution in [2.75, 3.05) is 13.3 Å². The molecule has 25 heavy (non-hydrogen) atoms. The van der Waals surface area contributed by atoms with E-state index < -0.39 is 17.6 Å². The fourth-order valence-electron chi connectivity index (χ4n) is 2.73. The van der Waals surface area contributed by atoms with E-state index >= 15 is 0 Å². The summed E-state index contributed by atoms with van der Waals surface area (Å²) in [4.78, 5) is 38.2. The highest BCUT2D eigenvalue weighted by atomic mass is 35.5. The molecule has 2 aromatic carbocycles. The van der Waals surface area contributed by atoms with Crippen molar-refractivity contribution in [1.82, 2.24) is 4.90 Å². The lowest BCUT2D eigenvalue weighted by atomic mass is 10.1. The fraction of sp³-hybridized carbons (Fsp3) is 0.118. The van der Waals surface area contributed by atoms with Crippen molar-refractivity contribution >= 4 is 40.8 Å². The molecule has 2 aliphatic rings. The van der Waals surface area contributed by atoms with E-state index in [1.54, 1.807) is 12.1 Å². The van der Waals surface area contributed by atoms with Crippen molar-refractivity contribution in [3.8, 4) is 11.5 Å². The monoisotopic (exact) mass is 377 g/mol. The van der Waals surface area contributed by atoms with Gasteiger partial charge < -0.3 is 9.47 Å². The van der Waals surface area contributed by atoms with E-state index in [0.717, 1.165) is 4.90 Å². The standard InChI is InChI=1S/C17H9Cl2NO5/c18-11-4-9-10(5-12(11)19)17(23)20(16(9)22)6-13(21)8-1-2-14-15(3-8)25-7-24-14/h1-5H,6-7H2. The molecule has 126 valence electrons. The number of imide groups is 1. The summed E-state index contributed by atoms with van der Waals surface area (Å²) in [5, 5.41) is 0.344. The van der Waals surface area contributed by atoms with Gasteiger partial charge in [0.1, 0.15) is 0 Å². The van der Waals surface area contributed by atoms with E-state index in [1.807, 2.05) is 0 Å². The zero-order chi connectivity index (χ0) is 17.7. The number of hydrogen-bond donors (Lipinski definition) is 0. The van der Waals surface area contributed by atoms with Crippen LogP contribution in [0.15, 0.2) is 30.3 Å². The van der Waals surface area contributed by atoms with E-state index in [4.69, 9.17) is 32.7 Å². The summed E-state index contributed by atoms with van der Waals surface area (Å²) in [7, 11) is 0. The second-order valence-corrected chi connectivity index (χ2v) is 6.31. The zero-order valence-corrected chi connectivity index (χ0v) is 14.1. The molecule has 0 aliphatic carbocycles. The predicted octanol–water partition coefficient (Wildman–Crippen LogP) is 3.20. The first kappa shape index (κ1) is 15.9. The minimum absolute atomic E-state index is 0.0902. The lowest BCUT2D eigenvalue weighted by molar-refractivity contribution is 0.0624. The molecule has 2 aromatic rings. The summed E-state index contributed by atoms with van der Waals surface area (Å²) in [6.45, 7) is -0.297. The second kappa shape index (κ2) is 5.75. The van der Waals surface area contributed by atoms with E-state index in [-0.39, 0.29) is 34.5 Å². The maximum Gasteiger partial charge on any atom is 0.262 e. The predicted molar refractivity (Wildman–Crippen MR) is 88.7 cm³/mol. The molecule has 0 bridgehead atoms. The van der Waals surface area contributed by atoms with Crippen LogP contribution in [-0.4, -0.2) is 35.8 Å². The Morgan fingerprint density at radius 1 is 0.960 bits per heavy atom. The number of halogens is 2. The zero-order valence-electron chi connectivity index (χ0n) is 12.5. The van der Waals surface area contributed by atoms with Gasteiger partial charge >= 0.3 is 0 Å². The molecule has 0 spiro atoms. The highest BCUT2D eigenvalue weighted by Crippen LogP contribution is 2.34. The third-order valence-corrected chi connectivity index (χ3v) is 4.73. The lowest BCUT2D eigenvalue weighted by Crippen LogP contribution is -2.34. The maximum absolute atomic E-state index is 12.5. The van der Waals surface area contributed by atoms with Gasteiger partial charge in [-0.15, -0.1) is 0 Å². The topological polar surface area (TPSA) is 72.9 Å². The number of hydrogen-bond acceptors (Lipinski definition) is 5. The number of benzene rings is 2. The van der Waals surface area contributed by atoms with Crippen LogP contribution in [0.25, 0.3) is 0 Å². The molecule has 0 aromatic heterocycles. The lowest BCUT2D eigenvalue weighted by Gasteiger charge is -2.12. The molecule has 0 unspecified atom stereocenters. The number of ketones is 1. The Bertz CT molecular complexity index is 915. The van der Waals surface area contributed by atoms with Crippen LogP contribution in [0.5, 0.6) is 11.5 Å². The summed E-state index contributed by atoms with van der Waals surface area (Å²) in [6.07, 6.45) is 0. The van der Waals surface area contributed by atoms with Gasteiger partial charge in [0.25, 0.3) is 11.8 Å². The highest BCUT2D eigenvalue weighted by Gasteiger charge is 2.37. The van der Waals surface area contributed by atoms with Gasteiger partial charge in [-0.3, -0.25) is 19.3 Å². The van der Waals surface area contributed by atoms with Crippen molar-refractivity contribution in [3.05, 3.63) is 57.1 Å². The average molecular weight is 378 g/mol. The van der Waals surface area contributed by atoms with Crippen molar-refractivity contribution in [2.24, 2.45) is 0 Å². The third-order valence-electron chi connectivity index (χ3n) is 4.01. The number of ether oxygens (including phenoxy) is 2. The van der Waals surface area contributed by atoms with E-state index in [2.05, 4.69) is 0 Å². The van der Waals surface area contributed by atoms with Crippen LogP contribution in [0.4, 0.5) is 0 Å². The normalized spacial score (nSPS) is 14.9. The quantitative estimate of drug-likeness (QED) is 0.606. The second-order valence-electron chi connectivity index (χ2n) is 5.50. The Balaban J connectivity index is 1.60. The van der Waals surface area contributed by atoms with E-state index in [1.165, 1.54) is 18.2 Å². The van der Waals surface area contributed by atoms with E-state index in [0.29, 0.717) is 17.1 Å². The molecule has 6 nitrogen and oxygen atoms in total. The molecule has 0 N–H and O–H groups in total. The minimum atomic E-state index is -0.576. The minimum Gasteiger partial charge on any atom is -0.454 e. The van der Waals surface area contributed by atoms with Crippen LogP contribution >= 0.6 is 23.2 Å². The molecule has 4 rings (SSSR count). The van der Waals surface area contributed by atoms with Gasteiger partial charge in [0, 0.05) is 5.56 Å². The van der Waals surface area contributed by atoms with Gasteiger partial charge in [0.15, 0.2) is 17.3 Å². The summed E-state index contributed by atoms with van der Waals surface area (Å²) in [5.74, 6) is -0.557. The first-order chi connectivity index (χ1) is 12.0. The molecule has 0 atom stereocenters. The van der Waals surface area contributed by atoms with Gasteiger partial charge in [0.05, 0.1) is 27.7 Å². The van der Waals surface area contributed by atoms with Crippen LogP contribution in [0.2, 0.25) is 10.0 Å². The smallest absolute Gasteiger partial charge is 0.262 e. The SMILES string of the molecule is O=C(CN1C(=O)c2cc(Cl)c(Cl)cc2C1=O)c1ccc2c(c1)OCO2. The molecular weight excluding hydrogens is 369 g/mol. The van der Waals surface area contributed by atoms with Crippen molar-refractivity contribution in [2.45, 2.75) is 0 Å². The number of rotatable bonds is 3. The number of fused-ring (bicyclic) bond motifs is 2. The Hall–Kier alpha value is -2.57. The molecule has 2 amide bonds. The molecule has 2 heterocycles. The van der Waals surface area contributed by atoms with Crippen LogP contribution in [0.1, 0.15) is 31.1 Å². The first-order valence-corrected chi connectivity index (χ1v) is 7.99. The first-order valence-electron chi connectivity index (χ1n) is 7.24.